The zero-order valence-electron chi connectivity index (χ0n) is 9.79. The number of carbonyl (C=O) groups is 1. The first-order chi connectivity index (χ1) is 7.56. The molecule has 1 aromatic heterocycles. The molecule has 0 radical (unpaired) electrons. The van der Waals surface area contributed by atoms with E-state index in [9.17, 15) is 4.79 Å². The molecule has 86 valence electrons. The average molecular weight is 219 g/mol. The van der Waals surface area contributed by atoms with Crippen LogP contribution in [0.3, 0.4) is 0 Å². The van der Waals surface area contributed by atoms with Gasteiger partial charge in [-0.05, 0) is 6.92 Å². The fourth-order valence-corrected chi connectivity index (χ4v) is 1.30. The molecule has 0 unspecified atom stereocenters. The van der Waals surface area contributed by atoms with Crippen molar-refractivity contribution in [2.24, 2.45) is 7.05 Å². The summed E-state index contributed by atoms with van der Waals surface area (Å²) in [6.45, 7) is 9.35. The molecule has 0 aliphatic carbocycles. The van der Waals surface area contributed by atoms with Crippen LogP contribution in [0.2, 0.25) is 0 Å². The van der Waals surface area contributed by atoms with Gasteiger partial charge in [0, 0.05) is 30.9 Å². The van der Waals surface area contributed by atoms with E-state index in [0.29, 0.717) is 12.1 Å². The molecule has 0 fully saturated rings. The number of nitrogens with one attached hydrogen (secondary N) is 1. The molecule has 0 saturated carbocycles. The van der Waals surface area contributed by atoms with E-state index in [0.717, 1.165) is 17.9 Å². The summed E-state index contributed by atoms with van der Waals surface area (Å²) in [7, 11) is 1.92. The van der Waals surface area contributed by atoms with Gasteiger partial charge < -0.3 is 9.88 Å². The van der Waals surface area contributed by atoms with Crippen molar-refractivity contribution in [2.45, 2.75) is 19.9 Å². The molecule has 1 heterocycles. The van der Waals surface area contributed by atoms with Crippen LogP contribution in [0.1, 0.15) is 18.4 Å². The quantitative estimate of drug-likeness (QED) is 0.600. The normalized spacial score (nSPS) is 9.88. The number of carbonyl (C=O) groups excluding carboxylic acids is 1. The number of hydrogen-bond donors (Lipinski definition) is 1. The van der Waals surface area contributed by atoms with Gasteiger partial charge in [0.25, 0.3) is 0 Å². The minimum atomic E-state index is -0.145. The molecule has 0 aliphatic rings. The number of nitrogens with zero attached hydrogens (tertiary/aromatic N) is 2. The number of hydrogen-bond acceptors (Lipinski definition) is 2. The van der Waals surface area contributed by atoms with Crippen LogP contribution in [0.5, 0.6) is 0 Å². The van der Waals surface area contributed by atoms with Crippen LogP contribution in [-0.4, -0.2) is 15.5 Å². The third kappa shape index (κ3) is 2.82. The Hall–Kier alpha value is -1.84. The summed E-state index contributed by atoms with van der Waals surface area (Å²) in [6, 6.07) is 0. The smallest absolute Gasteiger partial charge is 0.246 e. The number of allylic oxidation sites excluding steroid dienone is 1. The lowest BCUT2D eigenvalue weighted by Gasteiger charge is -2.06. The Morgan fingerprint density at radius 2 is 2.38 bits per heavy atom. The fourth-order valence-electron chi connectivity index (χ4n) is 1.30. The minimum absolute atomic E-state index is 0.145. The van der Waals surface area contributed by atoms with Gasteiger partial charge in [0.15, 0.2) is 0 Å². The first-order valence-corrected chi connectivity index (χ1v) is 5.10. The molecule has 0 saturated heterocycles. The lowest BCUT2D eigenvalue weighted by molar-refractivity contribution is -0.117. The highest BCUT2D eigenvalue weighted by atomic mass is 16.1. The SMILES string of the molecule is C=CCc1cnc(CNC(=O)C(=C)C)n1C. The third-order valence-corrected chi connectivity index (χ3v) is 2.33. The van der Waals surface area contributed by atoms with Gasteiger partial charge >= 0.3 is 0 Å². The van der Waals surface area contributed by atoms with Crippen molar-refractivity contribution in [1.29, 1.82) is 0 Å². The molecule has 4 nitrogen and oxygen atoms in total. The monoisotopic (exact) mass is 219 g/mol. The lowest BCUT2D eigenvalue weighted by Crippen LogP contribution is -2.24. The van der Waals surface area contributed by atoms with Crippen molar-refractivity contribution in [3.63, 3.8) is 0 Å². The van der Waals surface area contributed by atoms with Crippen LogP contribution in [0, 0.1) is 0 Å². The third-order valence-electron chi connectivity index (χ3n) is 2.33. The predicted octanol–water partition coefficient (Wildman–Crippen LogP) is 1.34. The van der Waals surface area contributed by atoms with E-state index in [1.54, 1.807) is 13.1 Å². The van der Waals surface area contributed by atoms with E-state index >= 15 is 0 Å². The van der Waals surface area contributed by atoms with Crippen molar-refractivity contribution >= 4 is 5.91 Å². The molecule has 0 atom stereocenters. The molecule has 0 bridgehead atoms. The molecular formula is C12H17N3O. The molecule has 1 N–H and O–H groups in total. The molecule has 4 heteroatoms. The maximum Gasteiger partial charge on any atom is 0.246 e. The highest BCUT2D eigenvalue weighted by Gasteiger charge is 2.07. The first-order valence-electron chi connectivity index (χ1n) is 5.10. The van der Waals surface area contributed by atoms with Crippen LogP contribution in [-0.2, 0) is 24.8 Å². The number of imidazole rings is 1. The van der Waals surface area contributed by atoms with E-state index < -0.39 is 0 Å². The minimum Gasteiger partial charge on any atom is -0.345 e. The maximum absolute atomic E-state index is 11.3. The van der Waals surface area contributed by atoms with Gasteiger partial charge in [-0.25, -0.2) is 4.98 Å². The van der Waals surface area contributed by atoms with Gasteiger partial charge in [0.05, 0.1) is 6.54 Å². The summed E-state index contributed by atoms with van der Waals surface area (Å²) in [5.41, 5.74) is 1.58. The van der Waals surface area contributed by atoms with E-state index in [2.05, 4.69) is 23.5 Å². The summed E-state index contributed by atoms with van der Waals surface area (Å²) in [5.74, 6) is 0.680. The van der Waals surface area contributed by atoms with Crippen LogP contribution in [0.15, 0.2) is 31.0 Å². The van der Waals surface area contributed by atoms with Gasteiger partial charge in [0.2, 0.25) is 5.91 Å². The van der Waals surface area contributed by atoms with E-state index in [-0.39, 0.29) is 5.91 Å². The van der Waals surface area contributed by atoms with Crippen LogP contribution >= 0.6 is 0 Å². The number of rotatable bonds is 5. The summed E-state index contributed by atoms with van der Waals surface area (Å²) in [6.07, 6.45) is 4.40. The Balaban J connectivity index is 2.64. The Kier molecular flexibility index (Phi) is 4.05. The van der Waals surface area contributed by atoms with Crippen LogP contribution in [0.25, 0.3) is 0 Å². The predicted molar refractivity (Wildman–Crippen MR) is 63.8 cm³/mol. The number of aromatic nitrogens is 2. The summed E-state index contributed by atoms with van der Waals surface area (Å²) in [4.78, 5) is 15.5. The van der Waals surface area contributed by atoms with Gasteiger partial charge in [0.1, 0.15) is 5.82 Å². The molecule has 0 spiro atoms. The van der Waals surface area contributed by atoms with E-state index in [1.807, 2.05) is 17.7 Å². The second-order valence-electron chi connectivity index (χ2n) is 3.68. The molecule has 0 aliphatic heterocycles. The van der Waals surface area contributed by atoms with E-state index in [1.165, 1.54) is 0 Å². The Bertz CT molecular complexity index is 418. The second-order valence-corrected chi connectivity index (χ2v) is 3.68. The molecule has 0 aromatic carbocycles. The van der Waals surface area contributed by atoms with Crippen molar-refractivity contribution in [1.82, 2.24) is 14.9 Å². The van der Waals surface area contributed by atoms with Gasteiger partial charge in [-0.3, -0.25) is 4.79 Å². The number of amides is 1. The zero-order valence-corrected chi connectivity index (χ0v) is 9.79. The van der Waals surface area contributed by atoms with Crippen LogP contribution in [0.4, 0.5) is 0 Å². The second kappa shape index (κ2) is 5.30. The zero-order chi connectivity index (χ0) is 12.1. The summed E-state index contributed by atoms with van der Waals surface area (Å²) >= 11 is 0. The largest absolute Gasteiger partial charge is 0.345 e. The van der Waals surface area contributed by atoms with Gasteiger partial charge in [-0.1, -0.05) is 12.7 Å². The standard InChI is InChI=1S/C12H17N3O/c1-5-6-10-7-13-11(15(10)4)8-14-12(16)9(2)3/h5,7H,1-2,6,8H2,3-4H3,(H,14,16). The Morgan fingerprint density at radius 3 is 2.94 bits per heavy atom. The maximum atomic E-state index is 11.3. The Labute approximate surface area is 95.7 Å². The average Bonchev–Trinajstić information content (AvgIpc) is 2.58. The highest BCUT2D eigenvalue weighted by molar-refractivity contribution is 5.91. The molecule has 1 rings (SSSR count). The van der Waals surface area contributed by atoms with Crippen molar-refractivity contribution < 1.29 is 4.79 Å². The summed E-state index contributed by atoms with van der Waals surface area (Å²) in [5, 5.41) is 2.75. The lowest BCUT2D eigenvalue weighted by atomic mass is 10.3. The topological polar surface area (TPSA) is 46.9 Å². The molecule has 16 heavy (non-hydrogen) atoms. The fraction of sp³-hybridized carbons (Fsp3) is 0.333. The first kappa shape index (κ1) is 12.2. The van der Waals surface area contributed by atoms with Crippen molar-refractivity contribution in [2.75, 3.05) is 0 Å². The molecule has 1 amide bonds. The molecular weight excluding hydrogens is 202 g/mol. The summed E-state index contributed by atoms with van der Waals surface area (Å²) < 4.78 is 1.96. The van der Waals surface area contributed by atoms with Crippen molar-refractivity contribution in [3.8, 4) is 0 Å². The highest BCUT2D eigenvalue weighted by Crippen LogP contribution is 2.04. The van der Waals surface area contributed by atoms with Crippen molar-refractivity contribution in [3.05, 3.63) is 42.5 Å². The van der Waals surface area contributed by atoms with E-state index in [4.69, 9.17) is 0 Å². The van der Waals surface area contributed by atoms with Crippen LogP contribution < -0.4 is 5.32 Å². The van der Waals surface area contributed by atoms with Gasteiger partial charge in [-0.15, -0.1) is 6.58 Å². The van der Waals surface area contributed by atoms with Gasteiger partial charge in [-0.2, -0.15) is 0 Å². The Morgan fingerprint density at radius 1 is 1.69 bits per heavy atom. The molecule has 1 aromatic rings.